The number of anilines is 1. The molecule has 1 aliphatic carbocycles. The van der Waals surface area contributed by atoms with E-state index in [0.717, 1.165) is 27.8 Å². The summed E-state index contributed by atoms with van der Waals surface area (Å²) in [5.74, 6) is 0.708. The number of aliphatic hydroxyl groups is 1. The first kappa shape index (κ1) is 16.3. The van der Waals surface area contributed by atoms with Crippen molar-refractivity contribution < 1.29 is 14.3 Å². The summed E-state index contributed by atoms with van der Waals surface area (Å²) in [5.41, 5.74) is 2.16. The van der Waals surface area contributed by atoms with Crippen LogP contribution in [0.25, 0.3) is 0 Å². The Balaban J connectivity index is 1.93. The molecule has 1 unspecified atom stereocenters. The van der Waals surface area contributed by atoms with E-state index in [0.29, 0.717) is 12.1 Å². The molecular formula is C18H20BrNO3. The fourth-order valence-electron chi connectivity index (χ4n) is 3.24. The molecule has 0 fully saturated rings. The highest BCUT2D eigenvalue weighted by molar-refractivity contribution is 9.10. The molecular weight excluding hydrogens is 358 g/mol. The molecule has 1 heterocycles. The zero-order valence-electron chi connectivity index (χ0n) is 13.4. The van der Waals surface area contributed by atoms with Crippen LogP contribution in [-0.2, 0) is 6.42 Å². The zero-order chi connectivity index (χ0) is 16.8. The van der Waals surface area contributed by atoms with E-state index >= 15 is 0 Å². The third kappa shape index (κ3) is 3.08. The Labute approximate surface area is 144 Å². The smallest absolute Gasteiger partial charge is 0.291 e. The molecule has 0 spiro atoms. The Morgan fingerprint density at radius 3 is 2.78 bits per heavy atom. The molecule has 1 aromatic heterocycles. The minimum Gasteiger partial charge on any atom is -0.455 e. The number of nitrogens with one attached hydrogen (secondary N) is 1. The number of para-hydroxylation sites is 1. The number of furan rings is 1. The number of fused-ring (bicyclic) bond motifs is 1. The maximum absolute atomic E-state index is 12.6. The van der Waals surface area contributed by atoms with Gasteiger partial charge in [0.1, 0.15) is 5.76 Å². The second kappa shape index (κ2) is 5.80. The summed E-state index contributed by atoms with van der Waals surface area (Å²) in [5, 5.41) is 13.3. The molecule has 0 bridgehead atoms. The van der Waals surface area contributed by atoms with Crippen molar-refractivity contribution in [3.63, 3.8) is 0 Å². The molecule has 0 saturated heterocycles. The largest absolute Gasteiger partial charge is 0.455 e. The normalized spacial score (nSPS) is 19.3. The van der Waals surface area contributed by atoms with E-state index in [1.807, 2.05) is 31.2 Å². The minimum absolute atomic E-state index is 0.0348. The van der Waals surface area contributed by atoms with E-state index in [1.54, 1.807) is 0 Å². The van der Waals surface area contributed by atoms with Crippen molar-refractivity contribution in [3.8, 4) is 0 Å². The molecule has 5 heteroatoms. The van der Waals surface area contributed by atoms with Crippen LogP contribution in [-0.4, -0.2) is 11.0 Å². The van der Waals surface area contributed by atoms with Crippen molar-refractivity contribution in [3.05, 3.63) is 51.4 Å². The Bertz CT molecular complexity index is 764. The van der Waals surface area contributed by atoms with Crippen LogP contribution in [0.5, 0.6) is 0 Å². The average Bonchev–Trinajstić information content (AvgIpc) is 2.77. The molecule has 0 aliphatic heterocycles. The molecule has 0 radical (unpaired) electrons. The molecule has 23 heavy (non-hydrogen) atoms. The van der Waals surface area contributed by atoms with Gasteiger partial charge in [0.05, 0.1) is 11.8 Å². The highest BCUT2D eigenvalue weighted by Crippen LogP contribution is 2.44. The number of carbonyl (C=O) groups excluding carboxylic acids is 1. The Hall–Kier alpha value is -1.59. The molecule has 3 rings (SSSR count). The molecule has 1 amide bonds. The topological polar surface area (TPSA) is 62.5 Å². The third-order valence-corrected chi connectivity index (χ3v) is 5.01. The summed E-state index contributed by atoms with van der Waals surface area (Å²) in [6.45, 7) is 6.02. The SMILES string of the molecule is Cc1c(C(=O)Nc2ccccc2Br)oc2c1C(O)CC(C)(C)C2. The van der Waals surface area contributed by atoms with Crippen molar-refractivity contribution in [2.45, 2.75) is 39.7 Å². The molecule has 0 saturated carbocycles. The number of carbonyl (C=O) groups is 1. The monoisotopic (exact) mass is 377 g/mol. The van der Waals surface area contributed by atoms with Gasteiger partial charge in [-0.15, -0.1) is 0 Å². The Kier molecular flexibility index (Phi) is 4.10. The first-order valence-electron chi connectivity index (χ1n) is 7.64. The van der Waals surface area contributed by atoms with Crippen molar-refractivity contribution >= 4 is 27.5 Å². The minimum atomic E-state index is -0.581. The molecule has 2 N–H and O–H groups in total. The van der Waals surface area contributed by atoms with Crippen LogP contribution in [0.15, 0.2) is 33.2 Å². The van der Waals surface area contributed by atoms with Gasteiger partial charge in [-0.1, -0.05) is 26.0 Å². The first-order chi connectivity index (χ1) is 10.8. The van der Waals surface area contributed by atoms with E-state index in [2.05, 4.69) is 35.1 Å². The number of rotatable bonds is 2. The molecule has 1 aliphatic rings. The standard InChI is InChI=1S/C18H20BrNO3/c1-10-15-13(21)8-18(2,3)9-14(15)23-16(10)17(22)20-12-7-5-4-6-11(12)19/h4-7,13,21H,8-9H2,1-3H3,(H,20,22). The maximum Gasteiger partial charge on any atom is 0.291 e. The predicted molar refractivity (Wildman–Crippen MR) is 92.6 cm³/mol. The van der Waals surface area contributed by atoms with Gasteiger partial charge in [0, 0.05) is 22.0 Å². The van der Waals surface area contributed by atoms with Crippen molar-refractivity contribution in [1.82, 2.24) is 0 Å². The van der Waals surface area contributed by atoms with Gasteiger partial charge < -0.3 is 14.8 Å². The molecule has 122 valence electrons. The Morgan fingerprint density at radius 2 is 2.09 bits per heavy atom. The lowest BCUT2D eigenvalue weighted by atomic mass is 9.75. The van der Waals surface area contributed by atoms with Gasteiger partial charge in [-0.25, -0.2) is 0 Å². The van der Waals surface area contributed by atoms with Gasteiger partial charge in [0.25, 0.3) is 5.91 Å². The van der Waals surface area contributed by atoms with Gasteiger partial charge in [-0.2, -0.15) is 0 Å². The van der Waals surface area contributed by atoms with Crippen molar-refractivity contribution in [2.24, 2.45) is 5.41 Å². The van der Waals surface area contributed by atoms with E-state index in [-0.39, 0.29) is 17.1 Å². The van der Waals surface area contributed by atoms with Gasteiger partial charge in [-0.05, 0) is 46.8 Å². The number of benzene rings is 1. The summed E-state index contributed by atoms with van der Waals surface area (Å²) < 4.78 is 6.64. The summed E-state index contributed by atoms with van der Waals surface area (Å²) in [6.07, 6.45) is 0.816. The van der Waals surface area contributed by atoms with Crippen LogP contribution in [0.3, 0.4) is 0 Å². The van der Waals surface area contributed by atoms with Gasteiger partial charge in [0.15, 0.2) is 5.76 Å². The predicted octanol–water partition coefficient (Wildman–Crippen LogP) is 4.61. The third-order valence-electron chi connectivity index (χ3n) is 4.32. The maximum atomic E-state index is 12.6. The van der Waals surface area contributed by atoms with Crippen LogP contribution >= 0.6 is 15.9 Å². The van der Waals surface area contributed by atoms with E-state index in [9.17, 15) is 9.90 Å². The number of hydrogen-bond acceptors (Lipinski definition) is 3. The average molecular weight is 378 g/mol. The fraction of sp³-hybridized carbons (Fsp3) is 0.389. The van der Waals surface area contributed by atoms with Gasteiger partial charge in [0.2, 0.25) is 0 Å². The summed E-state index contributed by atoms with van der Waals surface area (Å²) >= 11 is 3.41. The Morgan fingerprint density at radius 1 is 1.39 bits per heavy atom. The number of aliphatic hydroxyl groups excluding tert-OH is 1. The summed E-state index contributed by atoms with van der Waals surface area (Å²) in [4.78, 5) is 12.6. The van der Waals surface area contributed by atoms with Gasteiger partial charge >= 0.3 is 0 Å². The van der Waals surface area contributed by atoms with E-state index in [1.165, 1.54) is 0 Å². The lowest BCUT2D eigenvalue weighted by Gasteiger charge is -2.31. The first-order valence-corrected chi connectivity index (χ1v) is 8.44. The van der Waals surface area contributed by atoms with Gasteiger partial charge in [-0.3, -0.25) is 4.79 Å². The quantitative estimate of drug-likeness (QED) is 0.802. The molecule has 4 nitrogen and oxygen atoms in total. The van der Waals surface area contributed by atoms with E-state index in [4.69, 9.17) is 4.42 Å². The highest BCUT2D eigenvalue weighted by Gasteiger charge is 2.37. The molecule has 2 aromatic rings. The van der Waals surface area contributed by atoms with Crippen LogP contribution in [0.1, 0.15) is 53.8 Å². The van der Waals surface area contributed by atoms with Crippen LogP contribution in [0.2, 0.25) is 0 Å². The fourth-order valence-corrected chi connectivity index (χ4v) is 3.63. The van der Waals surface area contributed by atoms with Crippen LogP contribution < -0.4 is 5.32 Å². The molecule has 1 aromatic carbocycles. The second-order valence-electron chi connectivity index (χ2n) is 6.89. The lowest BCUT2D eigenvalue weighted by molar-refractivity contribution is 0.0910. The van der Waals surface area contributed by atoms with Crippen molar-refractivity contribution in [2.75, 3.05) is 5.32 Å². The van der Waals surface area contributed by atoms with E-state index < -0.39 is 6.10 Å². The number of amides is 1. The number of halogens is 1. The highest BCUT2D eigenvalue weighted by atomic mass is 79.9. The summed E-state index contributed by atoms with van der Waals surface area (Å²) in [7, 11) is 0. The second-order valence-corrected chi connectivity index (χ2v) is 7.74. The lowest BCUT2D eigenvalue weighted by Crippen LogP contribution is -2.24. The summed E-state index contributed by atoms with van der Waals surface area (Å²) in [6, 6.07) is 7.42. The molecule has 1 atom stereocenters. The number of hydrogen-bond donors (Lipinski definition) is 2. The van der Waals surface area contributed by atoms with Crippen molar-refractivity contribution in [1.29, 1.82) is 0 Å². The van der Waals surface area contributed by atoms with Crippen LogP contribution in [0.4, 0.5) is 5.69 Å². The zero-order valence-corrected chi connectivity index (χ0v) is 15.0. The van der Waals surface area contributed by atoms with Crippen LogP contribution in [0, 0.1) is 12.3 Å².